The molecule has 0 fully saturated rings. The minimum Gasteiger partial charge on any atom is -0.497 e. The number of carboxylic acid groups (broad SMARTS) is 1. The topological polar surface area (TPSA) is 68.5 Å². The molecule has 1 aromatic heterocycles. The number of hydrogen-bond donors (Lipinski definition) is 1. The molecule has 0 radical (unpaired) electrons. The minimum atomic E-state index is -1.21. The van der Waals surface area contributed by atoms with Crippen molar-refractivity contribution in [1.82, 2.24) is 4.57 Å². The average Bonchev–Trinajstić information content (AvgIpc) is 2.38. The van der Waals surface area contributed by atoms with Gasteiger partial charge in [-0.05, 0) is 19.1 Å². The standard InChI is InChI=1S/C13H13NO4/c1-3-14-7-10(13(16)17)12(15)9-5-4-8(18-2)6-11(9)14/h4-7H,3H2,1-2H3,(H,16,17). The summed E-state index contributed by atoms with van der Waals surface area (Å²) < 4.78 is 6.83. The number of aromatic carboxylic acids is 1. The van der Waals surface area contributed by atoms with Crippen LogP contribution in [0.4, 0.5) is 0 Å². The number of aryl methyl sites for hydroxylation is 1. The molecular weight excluding hydrogens is 234 g/mol. The molecule has 0 atom stereocenters. The number of benzene rings is 1. The summed E-state index contributed by atoms with van der Waals surface area (Å²) >= 11 is 0. The molecule has 2 aromatic rings. The monoisotopic (exact) mass is 247 g/mol. The van der Waals surface area contributed by atoms with Gasteiger partial charge in [0.05, 0.1) is 12.6 Å². The van der Waals surface area contributed by atoms with E-state index in [1.807, 2.05) is 6.92 Å². The number of hydrogen-bond acceptors (Lipinski definition) is 3. The SMILES string of the molecule is CCn1cc(C(=O)O)c(=O)c2ccc(OC)cc21. The van der Waals surface area contributed by atoms with Crippen LogP contribution < -0.4 is 10.2 Å². The van der Waals surface area contributed by atoms with Crippen LogP contribution in [-0.2, 0) is 6.54 Å². The fourth-order valence-corrected chi connectivity index (χ4v) is 1.91. The largest absolute Gasteiger partial charge is 0.497 e. The van der Waals surface area contributed by atoms with Gasteiger partial charge in [-0.2, -0.15) is 0 Å². The van der Waals surface area contributed by atoms with E-state index in [2.05, 4.69) is 0 Å². The Morgan fingerprint density at radius 2 is 2.17 bits per heavy atom. The molecule has 1 aromatic carbocycles. The summed E-state index contributed by atoms with van der Waals surface area (Å²) in [6, 6.07) is 4.97. The number of ether oxygens (including phenoxy) is 1. The predicted molar refractivity (Wildman–Crippen MR) is 67.4 cm³/mol. The Balaban J connectivity index is 2.88. The summed E-state index contributed by atoms with van der Waals surface area (Å²) in [5.41, 5.74) is -0.00813. The summed E-state index contributed by atoms with van der Waals surface area (Å²) in [7, 11) is 1.54. The van der Waals surface area contributed by atoms with Crippen molar-refractivity contribution in [2.24, 2.45) is 0 Å². The van der Waals surface area contributed by atoms with E-state index in [1.54, 1.807) is 29.9 Å². The smallest absolute Gasteiger partial charge is 0.341 e. The lowest BCUT2D eigenvalue weighted by Crippen LogP contribution is -2.18. The molecule has 5 nitrogen and oxygen atoms in total. The van der Waals surface area contributed by atoms with Crippen molar-refractivity contribution >= 4 is 16.9 Å². The van der Waals surface area contributed by atoms with Crippen molar-refractivity contribution in [3.8, 4) is 5.75 Å². The van der Waals surface area contributed by atoms with E-state index in [1.165, 1.54) is 6.20 Å². The highest BCUT2D eigenvalue weighted by Crippen LogP contribution is 2.19. The summed E-state index contributed by atoms with van der Waals surface area (Å²) in [4.78, 5) is 23.0. The summed E-state index contributed by atoms with van der Waals surface area (Å²) in [5, 5.41) is 9.39. The first kappa shape index (κ1) is 12.2. The number of rotatable bonds is 3. The highest BCUT2D eigenvalue weighted by Gasteiger charge is 2.14. The number of methoxy groups -OCH3 is 1. The van der Waals surface area contributed by atoms with Crippen LogP contribution in [0.5, 0.6) is 5.75 Å². The molecule has 0 aliphatic carbocycles. The number of carbonyl (C=O) groups is 1. The normalized spacial score (nSPS) is 10.6. The Hall–Kier alpha value is -2.30. The highest BCUT2D eigenvalue weighted by molar-refractivity contribution is 5.92. The third-order valence-corrected chi connectivity index (χ3v) is 2.86. The van der Waals surface area contributed by atoms with Gasteiger partial charge >= 0.3 is 5.97 Å². The maximum atomic E-state index is 12.0. The van der Waals surface area contributed by atoms with Crippen molar-refractivity contribution in [2.45, 2.75) is 13.5 Å². The Kier molecular flexibility index (Phi) is 3.06. The van der Waals surface area contributed by atoms with E-state index in [0.29, 0.717) is 23.2 Å². The van der Waals surface area contributed by atoms with Crippen LogP contribution >= 0.6 is 0 Å². The Bertz CT molecular complexity index is 672. The van der Waals surface area contributed by atoms with E-state index < -0.39 is 11.4 Å². The number of pyridine rings is 1. The average molecular weight is 247 g/mol. The molecule has 5 heteroatoms. The van der Waals surface area contributed by atoms with Crippen LogP contribution in [0.1, 0.15) is 17.3 Å². The van der Waals surface area contributed by atoms with Gasteiger partial charge in [-0.15, -0.1) is 0 Å². The van der Waals surface area contributed by atoms with Crippen LogP contribution in [0.2, 0.25) is 0 Å². The number of nitrogens with zero attached hydrogens (tertiary/aromatic N) is 1. The van der Waals surface area contributed by atoms with Gasteiger partial charge < -0.3 is 14.4 Å². The van der Waals surface area contributed by atoms with Gasteiger partial charge in [0.15, 0.2) is 0 Å². The molecule has 0 saturated heterocycles. The number of aromatic nitrogens is 1. The second-order valence-electron chi connectivity index (χ2n) is 3.85. The Morgan fingerprint density at radius 1 is 1.44 bits per heavy atom. The lowest BCUT2D eigenvalue weighted by Gasteiger charge is -2.11. The summed E-state index contributed by atoms with van der Waals surface area (Å²) in [5.74, 6) is -0.577. The van der Waals surface area contributed by atoms with Crippen LogP contribution in [0.15, 0.2) is 29.2 Å². The van der Waals surface area contributed by atoms with E-state index in [0.717, 1.165) is 0 Å². The van der Waals surface area contributed by atoms with Crippen LogP contribution in [0.3, 0.4) is 0 Å². The van der Waals surface area contributed by atoms with Gasteiger partial charge in [-0.25, -0.2) is 4.79 Å². The second-order valence-corrected chi connectivity index (χ2v) is 3.85. The molecule has 94 valence electrons. The zero-order valence-corrected chi connectivity index (χ0v) is 10.1. The van der Waals surface area contributed by atoms with Gasteiger partial charge in [0.25, 0.3) is 0 Å². The molecule has 0 aliphatic rings. The first-order valence-corrected chi connectivity index (χ1v) is 5.53. The maximum absolute atomic E-state index is 12.0. The van der Waals surface area contributed by atoms with Gasteiger partial charge in [0.2, 0.25) is 5.43 Å². The van der Waals surface area contributed by atoms with E-state index in [4.69, 9.17) is 9.84 Å². The summed E-state index contributed by atoms with van der Waals surface area (Å²) in [6.07, 6.45) is 1.37. The van der Waals surface area contributed by atoms with E-state index >= 15 is 0 Å². The minimum absolute atomic E-state index is 0.213. The molecule has 0 amide bonds. The van der Waals surface area contributed by atoms with Crippen LogP contribution in [0, 0.1) is 0 Å². The van der Waals surface area contributed by atoms with E-state index in [9.17, 15) is 9.59 Å². The fraction of sp³-hybridized carbons (Fsp3) is 0.231. The van der Waals surface area contributed by atoms with Crippen molar-refractivity contribution < 1.29 is 14.6 Å². The Labute approximate surface area is 103 Å². The fourth-order valence-electron chi connectivity index (χ4n) is 1.91. The van der Waals surface area contributed by atoms with Crippen molar-refractivity contribution in [2.75, 3.05) is 7.11 Å². The second kappa shape index (κ2) is 4.52. The molecule has 0 unspecified atom stereocenters. The first-order valence-electron chi connectivity index (χ1n) is 5.53. The third-order valence-electron chi connectivity index (χ3n) is 2.86. The molecule has 0 aliphatic heterocycles. The zero-order chi connectivity index (χ0) is 13.3. The van der Waals surface area contributed by atoms with Crippen molar-refractivity contribution in [3.63, 3.8) is 0 Å². The lowest BCUT2D eigenvalue weighted by molar-refractivity contribution is 0.0695. The quantitative estimate of drug-likeness (QED) is 0.896. The molecular formula is C13H13NO4. The van der Waals surface area contributed by atoms with Gasteiger partial charge in [-0.3, -0.25) is 4.79 Å². The zero-order valence-electron chi connectivity index (χ0n) is 10.1. The maximum Gasteiger partial charge on any atom is 0.341 e. The third kappa shape index (κ3) is 1.84. The van der Waals surface area contributed by atoms with Crippen LogP contribution in [0.25, 0.3) is 10.9 Å². The summed E-state index contributed by atoms with van der Waals surface area (Å²) in [6.45, 7) is 2.46. The molecule has 18 heavy (non-hydrogen) atoms. The molecule has 1 N–H and O–H groups in total. The predicted octanol–water partition coefficient (Wildman–Crippen LogP) is 1.73. The lowest BCUT2D eigenvalue weighted by atomic mass is 10.1. The Morgan fingerprint density at radius 3 is 2.72 bits per heavy atom. The van der Waals surface area contributed by atoms with Crippen molar-refractivity contribution in [1.29, 1.82) is 0 Å². The van der Waals surface area contributed by atoms with Gasteiger partial charge in [0.1, 0.15) is 11.3 Å². The molecule has 0 spiro atoms. The number of carboxylic acids is 1. The molecule has 0 saturated carbocycles. The number of fused-ring (bicyclic) bond motifs is 1. The van der Waals surface area contributed by atoms with Crippen molar-refractivity contribution in [3.05, 3.63) is 40.2 Å². The first-order chi connectivity index (χ1) is 8.58. The molecule has 0 bridgehead atoms. The molecule has 1 heterocycles. The van der Waals surface area contributed by atoms with E-state index in [-0.39, 0.29) is 5.56 Å². The highest BCUT2D eigenvalue weighted by atomic mass is 16.5. The van der Waals surface area contributed by atoms with Crippen LogP contribution in [-0.4, -0.2) is 22.8 Å². The van der Waals surface area contributed by atoms with Gasteiger partial charge in [0, 0.05) is 24.2 Å². The molecule has 2 rings (SSSR count). The van der Waals surface area contributed by atoms with Gasteiger partial charge in [-0.1, -0.05) is 0 Å².